The Bertz CT molecular complexity index is 562. The van der Waals surface area contributed by atoms with E-state index < -0.39 is 0 Å². The van der Waals surface area contributed by atoms with Gasteiger partial charge in [0, 0.05) is 11.8 Å². The van der Waals surface area contributed by atoms with E-state index in [1.54, 1.807) is 0 Å². The van der Waals surface area contributed by atoms with Crippen LogP contribution in [0.4, 0.5) is 0 Å². The molecular weight excluding hydrogens is 256 g/mol. The topological polar surface area (TPSA) is 17.1 Å². The first-order valence-corrected chi connectivity index (χ1v) is 9.19. The summed E-state index contributed by atoms with van der Waals surface area (Å²) in [6, 6.07) is 0. The fraction of sp³-hybridized carbons (Fsp3) is 0.850. The molecule has 0 aliphatic heterocycles. The maximum Gasteiger partial charge on any atom is 0.139 e. The van der Waals surface area contributed by atoms with Crippen molar-refractivity contribution in [1.82, 2.24) is 0 Å². The van der Waals surface area contributed by atoms with Gasteiger partial charge in [0.1, 0.15) is 5.78 Å². The van der Waals surface area contributed by atoms with Crippen molar-refractivity contribution in [2.45, 2.75) is 71.6 Å². The van der Waals surface area contributed by atoms with Crippen LogP contribution in [-0.4, -0.2) is 5.78 Å². The van der Waals surface area contributed by atoms with Gasteiger partial charge in [-0.25, -0.2) is 0 Å². The van der Waals surface area contributed by atoms with Crippen molar-refractivity contribution < 1.29 is 4.79 Å². The zero-order valence-corrected chi connectivity index (χ0v) is 13.6. The maximum atomic E-state index is 12.6. The molecule has 0 aromatic heterocycles. The molecule has 2 spiro atoms. The lowest BCUT2D eigenvalue weighted by Gasteiger charge is -2.58. The van der Waals surface area contributed by atoms with E-state index in [0.717, 1.165) is 18.3 Å². The minimum atomic E-state index is 0.0528. The Kier molecular flexibility index (Phi) is 2.15. The van der Waals surface area contributed by atoms with Gasteiger partial charge in [-0.2, -0.15) is 0 Å². The Morgan fingerprint density at radius 1 is 1.10 bits per heavy atom. The highest BCUT2D eigenvalue weighted by atomic mass is 16.1. The van der Waals surface area contributed by atoms with Crippen molar-refractivity contribution in [2.24, 2.45) is 33.5 Å². The van der Waals surface area contributed by atoms with Crippen LogP contribution in [0.25, 0.3) is 0 Å². The van der Waals surface area contributed by atoms with Gasteiger partial charge in [-0.15, -0.1) is 0 Å². The summed E-state index contributed by atoms with van der Waals surface area (Å²) in [5.74, 6) is 2.32. The van der Waals surface area contributed by atoms with Crippen LogP contribution in [0.5, 0.6) is 0 Å². The van der Waals surface area contributed by atoms with E-state index in [4.69, 9.17) is 0 Å². The van der Waals surface area contributed by atoms with E-state index in [0.29, 0.717) is 22.0 Å². The largest absolute Gasteiger partial charge is 0.299 e. The number of rotatable bonds is 0. The number of carbonyl (C=O) groups excluding carboxylic acids is 1. The number of allylic oxidation sites excluding steroid dienone is 2. The van der Waals surface area contributed by atoms with E-state index in [9.17, 15) is 4.79 Å². The molecule has 4 saturated carbocycles. The highest BCUT2D eigenvalue weighted by Crippen LogP contribution is 2.88. The summed E-state index contributed by atoms with van der Waals surface area (Å²) < 4.78 is 0. The number of fused-ring (bicyclic) bond motifs is 2. The minimum absolute atomic E-state index is 0.0528. The second kappa shape index (κ2) is 3.49. The fourth-order valence-corrected chi connectivity index (χ4v) is 8.06. The van der Waals surface area contributed by atoms with Crippen molar-refractivity contribution in [3.05, 3.63) is 12.2 Å². The van der Waals surface area contributed by atoms with Gasteiger partial charge in [-0.05, 0) is 79.4 Å². The van der Waals surface area contributed by atoms with Gasteiger partial charge in [-0.1, -0.05) is 26.0 Å². The Hall–Kier alpha value is -0.590. The SMILES string of the molecule is CC12CCC=CC1CCC13CC14CCC(=O)C4(C)CCC23. The molecule has 0 N–H and O–H groups in total. The molecule has 0 heterocycles. The molecule has 0 bridgehead atoms. The van der Waals surface area contributed by atoms with Gasteiger partial charge in [0.2, 0.25) is 0 Å². The molecule has 5 rings (SSSR count). The van der Waals surface area contributed by atoms with E-state index >= 15 is 0 Å². The fourth-order valence-electron chi connectivity index (χ4n) is 8.06. The van der Waals surface area contributed by atoms with Crippen molar-refractivity contribution >= 4 is 5.78 Å². The van der Waals surface area contributed by atoms with Crippen molar-refractivity contribution in [3.63, 3.8) is 0 Å². The molecule has 6 atom stereocenters. The molecule has 0 radical (unpaired) electrons. The molecule has 21 heavy (non-hydrogen) atoms. The average Bonchev–Trinajstić information content (AvgIpc) is 3.07. The van der Waals surface area contributed by atoms with Crippen LogP contribution in [0.2, 0.25) is 0 Å². The van der Waals surface area contributed by atoms with Crippen LogP contribution < -0.4 is 0 Å². The zero-order valence-electron chi connectivity index (χ0n) is 13.6. The maximum absolute atomic E-state index is 12.6. The Morgan fingerprint density at radius 2 is 1.95 bits per heavy atom. The summed E-state index contributed by atoms with van der Waals surface area (Å²) in [5.41, 5.74) is 1.57. The molecule has 5 aliphatic carbocycles. The van der Waals surface area contributed by atoms with E-state index in [1.807, 2.05) is 0 Å². The van der Waals surface area contributed by atoms with Gasteiger partial charge in [0.15, 0.2) is 0 Å². The van der Waals surface area contributed by atoms with Gasteiger partial charge in [-0.3, -0.25) is 4.79 Å². The molecule has 114 valence electrons. The number of hydrogen-bond donors (Lipinski definition) is 0. The minimum Gasteiger partial charge on any atom is -0.299 e. The molecule has 6 unspecified atom stereocenters. The first-order valence-electron chi connectivity index (χ1n) is 9.19. The van der Waals surface area contributed by atoms with Crippen LogP contribution in [0, 0.1) is 33.5 Å². The second-order valence-corrected chi connectivity index (χ2v) is 9.38. The Labute approximate surface area is 128 Å². The Morgan fingerprint density at radius 3 is 2.81 bits per heavy atom. The molecule has 0 amide bonds. The molecule has 0 aromatic carbocycles. The van der Waals surface area contributed by atoms with Crippen molar-refractivity contribution in [3.8, 4) is 0 Å². The number of carbonyl (C=O) groups is 1. The molecule has 0 saturated heterocycles. The summed E-state index contributed by atoms with van der Waals surface area (Å²) in [6.07, 6.45) is 16.4. The van der Waals surface area contributed by atoms with Crippen LogP contribution in [0.15, 0.2) is 12.2 Å². The summed E-state index contributed by atoms with van der Waals surface area (Å²) in [4.78, 5) is 12.6. The smallest absolute Gasteiger partial charge is 0.139 e. The van der Waals surface area contributed by atoms with Gasteiger partial charge in [0.25, 0.3) is 0 Å². The van der Waals surface area contributed by atoms with E-state index in [2.05, 4.69) is 26.0 Å². The summed E-state index contributed by atoms with van der Waals surface area (Å²) in [5, 5.41) is 0. The van der Waals surface area contributed by atoms with Crippen LogP contribution in [0.3, 0.4) is 0 Å². The normalized spacial score (nSPS) is 60.8. The number of Topliss-reactive ketones (excluding diaryl/α,β-unsaturated/α-hetero) is 1. The quantitative estimate of drug-likeness (QED) is 0.578. The Balaban J connectivity index is 1.61. The number of hydrogen-bond acceptors (Lipinski definition) is 1. The van der Waals surface area contributed by atoms with Crippen molar-refractivity contribution in [1.29, 1.82) is 0 Å². The number of ketones is 1. The third-order valence-corrected chi connectivity index (χ3v) is 9.26. The van der Waals surface area contributed by atoms with Crippen molar-refractivity contribution in [2.75, 3.05) is 0 Å². The first kappa shape index (κ1) is 12.9. The average molecular weight is 284 g/mol. The first-order chi connectivity index (χ1) is 9.99. The summed E-state index contributed by atoms with van der Waals surface area (Å²) >= 11 is 0. The molecular formula is C20H28O. The van der Waals surface area contributed by atoms with Crippen LogP contribution >= 0.6 is 0 Å². The summed E-state index contributed by atoms with van der Waals surface area (Å²) in [7, 11) is 0. The van der Waals surface area contributed by atoms with Crippen LogP contribution in [0.1, 0.15) is 71.6 Å². The highest BCUT2D eigenvalue weighted by Gasteiger charge is 2.83. The zero-order chi connectivity index (χ0) is 14.5. The third-order valence-electron chi connectivity index (χ3n) is 9.26. The molecule has 4 fully saturated rings. The molecule has 5 aliphatic rings. The van der Waals surface area contributed by atoms with Gasteiger partial charge >= 0.3 is 0 Å². The molecule has 0 aromatic rings. The standard InChI is InChI=1S/C20H28O/c1-17-9-4-3-5-14(17)6-11-19-13-20(19)12-8-16(21)18(20,2)10-7-15(17)19/h3,5,14-15H,4,6-13H2,1-2H3. The summed E-state index contributed by atoms with van der Waals surface area (Å²) in [6.45, 7) is 4.93. The molecule has 1 nitrogen and oxygen atoms in total. The lowest BCUT2D eigenvalue weighted by molar-refractivity contribution is -0.135. The van der Waals surface area contributed by atoms with Crippen LogP contribution in [-0.2, 0) is 4.79 Å². The lowest BCUT2D eigenvalue weighted by Crippen LogP contribution is -2.52. The molecule has 1 heteroatoms. The predicted octanol–water partition coefficient (Wildman–Crippen LogP) is 4.91. The predicted molar refractivity (Wildman–Crippen MR) is 83.8 cm³/mol. The second-order valence-electron chi connectivity index (χ2n) is 9.38. The van der Waals surface area contributed by atoms with Gasteiger partial charge in [0.05, 0.1) is 0 Å². The highest BCUT2D eigenvalue weighted by molar-refractivity contribution is 5.89. The monoisotopic (exact) mass is 284 g/mol. The third kappa shape index (κ3) is 1.15. The van der Waals surface area contributed by atoms with E-state index in [1.165, 1.54) is 51.4 Å². The van der Waals surface area contributed by atoms with E-state index in [-0.39, 0.29) is 5.41 Å². The van der Waals surface area contributed by atoms with Gasteiger partial charge < -0.3 is 0 Å². The lowest BCUT2D eigenvalue weighted by atomic mass is 9.46.